The van der Waals surface area contributed by atoms with Crippen LogP contribution in [-0.4, -0.2) is 5.54 Å². The van der Waals surface area contributed by atoms with E-state index in [0.29, 0.717) is 0 Å². The van der Waals surface area contributed by atoms with Crippen LogP contribution < -0.4 is 4.90 Å². The molecule has 2 heterocycles. The minimum Gasteiger partial charge on any atom is -0.455 e. The molecule has 1 aliphatic heterocycles. The Hall–Kier alpha value is -5.86. The molecule has 2 aliphatic carbocycles. The maximum atomic E-state index is 7.01. The van der Waals surface area contributed by atoms with Gasteiger partial charge in [-0.2, -0.15) is 0 Å². The van der Waals surface area contributed by atoms with Gasteiger partial charge in [0.25, 0.3) is 0 Å². The van der Waals surface area contributed by atoms with Crippen molar-refractivity contribution in [3.63, 3.8) is 0 Å². The third-order valence-corrected chi connectivity index (χ3v) is 13.5. The summed E-state index contributed by atoms with van der Waals surface area (Å²) in [6.07, 6.45) is 4.88. The van der Waals surface area contributed by atoms with E-state index in [-0.39, 0.29) is 11.0 Å². The molecular weight excluding hydrogens is 643 g/mol. The highest BCUT2D eigenvalue weighted by Crippen LogP contribution is 2.63. The average molecular weight is 684 g/mol. The molecule has 2 unspecified atom stereocenters. The van der Waals surface area contributed by atoms with Gasteiger partial charge in [-0.15, -0.1) is 0 Å². The van der Waals surface area contributed by atoms with Crippen molar-refractivity contribution in [2.75, 3.05) is 4.90 Å². The highest BCUT2D eigenvalue weighted by Gasteiger charge is 2.57. The normalized spacial score (nSPS) is 21.0. The SMILES string of the molecule is CC12CCCCC1(C)N(c1ccccc1)c1cc(-c3cc4c(c5c3oc3ccccc35)-c3ccccc3C4(c3ccccc3)c3ccccc3)ccc12. The molecule has 0 saturated heterocycles. The quantitative estimate of drug-likeness (QED) is 0.184. The van der Waals surface area contributed by atoms with E-state index >= 15 is 0 Å². The van der Waals surface area contributed by atoms with Crippen molar-refractivity contribution in [2.24, 2.45) is 0 Å². The molecular formula is C51H41NO. The van der Waals surface area contributed by atoms with Crippen LogP contribution in [0.15, 0.2) is 168 Å². The Morgan fingerprint density at radius 1 is 0.547 bits per heavy atom. The van der Waals surface area contributed by atoms with Crippen molar-refractivity contribution in [1.29, 1.82) is 0 Å². The molecule has 2 atom stereocenters. The molecule has 11 rings (SSSR count). The van der Waals surface area contributed by atoms with Crippen LogP contribution in [0.4, 0.5) is 11.4 Å². The minimum absolute atomic E-state index is 0.0163. The molecule has 3 aliphatic rings. The van der Waals surface area contributed by atoms with E-state index in [1.165, 1.54) is 87.0 Å². The van der Waals surface area contributed by atoms with E-state index in [1.807, 2.05) is 0 Å². The smallest absolute Gasteiger partial charge is 0.143 e. The number of furan rings is 1. The van der Waals surface area contributed by atoms with Crippen LogP contribution in [0.25, 0.3) is 44.2 Å². The lowest BCUT2D eigenvalue weighted by molar-refractivity contribution is 0.195. The molecule has 8 aromatic rings. The van der Waals surface area contributed by atoms with E-state index in [9.17, 15) is 0 Å². The Morgan fingerprint density at radius 3 is 1.94 bits per heavy atom. The van der Waals surface area contributed by atoms with Gasteiger partial charge < -0.3 is 9.32 Å². The summed E-state index contributed by atoms with van der Waals surface area (Å²) in [6, 6.07) is 60.8. The molecule has 0 bridgehead atoms. The summed E-state index contributed by atoms with van der Waals surface area (Å²) in [7, 11) is 0. The zero-order chi connectivity index (χ0) is 35.4. The summed E-state index contributed by atoms with van der Waals surface area (Å²) < 4.78 is 7.01. The Labute approximate surface area is 311 Å². The van der Waals surface area contributed by atoms with Gasteiger partial charge in [0.2, 0.25) is 0 Å². The lowest BCUT2D eigenvalue weighted by Crippen LogP contribution is -2.54. The predicted molar refractivity (Wildman–Crippen MR) is 219 cm³/mol. The standard InChI is InChI=1S/C51H41NO/c1-49-30-16-17-31-50(49,2)52(37-22-10-5-11-23-37)44-32-34(28-29-42(44)49)40-33-43-46(47-39-25-13-15-27-45(39)53-48(40)47)38-24-12-14-26-41(38)51(43,35-18-6-3-7-19-35)36-20-8-4-9-21-36/h3-15,18-29,32-33H,16-17,30-31H2,1-2H3. The van der Waals surface area contributed by atoms with Crippen molar-refractivity contribution in [3.8, 4) is 22.3 Å². The van der Waals surface area contributed by atoms with E-state index < -0.39 is 5.41 Å². The van der Waals surface area contributed by atoms with Gasteiger partial charge in [-0.25, -0.2) is 0 Å². The molecule has 1 saturated carbocycles. The number of fused-ring (bicyclic) bond motifs is 10. The topological polar surface area (TPSA) is 16.4 Å². The molecule has 0 amide bonds. The van der Waals surface area contributed by atoms with Gasteiger partial charge in [0.05, 0.1) is 11.0 Å². The van der Waals surface area contributed by atoms with Crippen LogP contribution in [0.2, 0.25) is 0 Å². The minimum atomic E-state index is -0.515. The Balaban J connectivity index is 1.26. The van der Waals surface area contributed by atoms with Crippen molar-refractivity contribution >= 4 is 33.3 Å². The van der Waals surface area contributed by atoms with Crippen molar-refractivity contribution in [1.82, 2.24) is 0 Å². The fourth-order valence-electron chi connectivity index (χ4n) is 10.9. The van der Waals surface area contributed by atoms with Gasteiger partial charge in [-0.05, 0) is 94.6 Å². The Kier molecular flexibility index (Phi) is 6.42. The van der Waals surface area contributed by atoms with Gasteiger partial charge in [-0.3, -0.25) is 0 Å². The Bertz CT molecular complexity index is 2670. The third kappa shape index (κ3) is 3.94. The summed E-state index contributed by atoms with van der Waals surface area (Å²) in [6.45, 7) is 5.03. The molecule has 0 N–H and O–H groups in total. The highest BCUT2D eigenvalue weighted by atomic mass is 16.3. The Morgan fingerprint density at radius 2 is 1.19 bits per heavy atom. The van der Waals surface area contributed by atoms with Gasteiger partial charge in [0, 0.05) is 33.1 Å². The van der Waals surface area contributed by atoms with Crippen LogP contribution in [0.3, 0.4) is 0 Å². The number of anilines is 2. The van der Waals surface area contributed by atoms with Gasteiger partial charge in [0.15, 0.2) is 0 Å². The second kappa shape index (κ2) is 11.1. The van der Waals surface area contributed by atoms with Crippen LogP contribution in [0, 0.1) is 0 Å². The summed E-state index contributed by atoms with van der Waals surface area (Å²) in [4.78, 5) is 2.68. The first-order valence-electron chi connectivity index (χ1n) is 19.2. The summed E-state index contributed by atoms with van der Waals surface area (Å²) in [5, 5.41) is 2.35. The number of benzene rings is 7. The first kappa shape index (κ1) is 30.7. The monoisotopic (exact) mass is 683 g/mol. The summed E-state index contributed by atoms with van der Waals surface area (Å²) in [5.41, 5.74) is 15.5. The van der Waals surface area contributed by atoms with E-state index in [0.717, 1.165) is 22.1 Å². The van der Waals surface area contributed by atoms with Crippen LogP contribution in [0.5, 0.6) is 0 Å². The molecule has 0 radical (unpaired) electrons. The number of rotatable bonds is 4. The first-order chi connectivity index (χ1) is 26.0. The van der Waals surface area contributed by atoms with E-state index in [2.05, 4.69) is 183 Å². The second-order valence-electron chi connectivity index (χ2n) is 15.9. The number of hydrogen-bond donors (Lipinski definition) is 0. The first-order valence-corrected chi connectivity index (χ1v) is 19.2. The summed E-state index contributed by atoms with van der Waals surface area (Å²) in [5.74, 6) is 0. The largest absolute Gasteiger partial charge is 0.455 e. The zero-order valence-electron chi connectivity index (χ0n) is 30.3. The van der Waals surface area contributed by atoms with Crippen LogP contribution in [0.1, 0.15) is 67.3 Å². The van der Waals surface area contributed by atoms with E-state index in [4.69, 9.17) is 4.42 Å². The lowest BCUT2D eigenvalue weighted by atomic mass is 9.61. The fraction of sp³-hybridized carbons (Fsp3) is 0.176. The van der Waals surface area contributed by atoms with Gasteiger partial charge >= 0.3 is 0 Å². The van der Waals surface area contributed by atoms with Crippen LogP contribution >= 0.6 is 0 Å². The van der Waals surface area contributed by atoms with Crippen molar-refractivity contribution < 1.29 is 4.42 Å². The molecule has 1 fully saturated rings. The second-order valence-corrected chi connectivity index (χ2v) is 15.9. The van der Waals surface area contributed by atoms with Crippen molar-refractivity contribution in [3.05, 3.63) is 192 Å². The maximum Gasteiger partial charge on any atom is 0.143 e. The molecule has 256 valence electrons. The van der Waals surface area contributed by atoms with Gasteiger partial charge in [-0.1, -0.05) is 153 Å². The zero-order valence-corrected chi connectivity index (χ0v) is 30.3. The molecule has 53 heavy (non-hydrogen) atoms. The molecule has 2 nitrogen and oxygen atoms in total. The average Bonchev–Trinajstić information content (AvgIpc) is 3.81. The molecule has 7 aromatic carbocycles. The van der Waals surface area contributed by atoms with Crippen molar-refractivity contribution in [2.45, 2.75) is 55.9 Å². The number of nitrogens with zero attached hydrogens (tertiary/aromatic N) is 1. The van der Waals surface area contributed by atoms with E-state index in [1.54, 1.807) is 0 Å². The maximum absolute atomic E-state index is 7.01. The summed E-state index contributed by atoms with van der Waals surface area (Å²) >= 11 is 0. The highest BCUT2D eigenvalue weighted by molar-refractivity contribution is 6.19. The molecule has 0 spiro atoms. The molecule has 2 heteroatoms. The van der Waals surface area contributed by atoms with Crippen LogP contribution in [-0.2, 0) is 10.8 Å². The third-order valence-electron chi connectivity index (χ3n) is 13.5. The number of hydrogen-bond acceptors (Lipinski definition) is 2. The molecule has 1 aromatic heterocycles. The van der Waals surface area contributed by atoms with Gasteiger partial charge in [0.1, 0.15) is 11.2 Å². The number of para-hydroxylation sites is 2. The predicted octanol–water partition coefficient (Wildman–Crippen LogP) is 13.4. The lowest BCUT2D eigenvalue weighted by Gasteiger charge is -2.50. The fourth-order valence-corrected chi connectivity index (χ4v) is 10.9.